The number of hydrogen-bond acceptors (Lipinski definition) is 8. The van der Waals surface area contributed by atoms with Gasteiger partial charge in [0.15, 0.2) is 11.6 Å². The third-order valence-corrected chi connectivity index (χ3v) is 7.36. The van der Waals surface area contributed by atoms with Gasteiger partial charge in [0.05, 0.1) is 24.9 Å². The summed E-state index contributed by atoms with van der Waals surface area (Å²) in [5, 5.41) is 6.77. The molecule has 0 radical (unpaired) electrons. The predicted octanol–water partition coefficient (Wildman–Crippen LogP) is 5.40. The molecule has 1 fully saturated rings. The minimum Gasteiger partial charge on any atom is -0.453 e. The van der Waals surface area contributed by atoms with E-state index in [-0.39, 0.29) is 37.0 Å². The number of ether oxygens (including phenoxy) is 2. The summed E-state index contributed by atoms with van der Waals surface area (Å²) in [6.07, 6.45) is -1.66. The van der Waals surface area contributed by atoms with Crippen molar-refractivity contribution in [2.24, 2.45) is 0 Å². The van der Waals surface area contributed by atoms with Crippen molar-refractivity contribution in [3.05, 3.63) is 59.9 Å². The number of nitrogens with zero attached hydrogens (tertiary/aromatic N) is 5. The second-order valence-corrected chi connectivity index (χ2v) is 9.85. The molecule has 208 valence electrons. The van der Waals surface area contributed by atoms with E-state index in [1.54, 1.807) is 29.2 Å². The van der Waals surface area contributed by atoms with Crippen molar-refractivity contribution in [2.45, 2.75) is 50.4 Å². The molecule has 6 rings (SSSR count). The Morgan fingerprint density at radius 3 is 2.70 bits per heavy atom. The highest BCUT2D eigenvalue weighted by Gasteiger charge is 2.67. The molecular weight excluding hydrogens is 533 g/mol. The summed E-state index contributed by atoms with van der Waals surface area (Å²) in [6.45, 7) is 2.17. The molecule has 1 saturated carbocycles. The molecule has 0 bridgehead atoms. The van der Waals surface area contributed by atoms with Crippen LogP contribution in [0.4, 0.5) is 28.6 Å². The lowest BCUT2D eigenvalue weighted by Gasteiger charge is -2.33. The van der Waals surface area contributed by atoms with Crippen molar-refractivity contribution in [3.63, 3.8) is 0 Å². The number of benzene rings is 1. The monoisotopic (exact) mass is 556 g/mol. The van der Waals surface area contributed by atoms with E-state index in [0.29, 0.717) is 34.6 Å². The highest BCUT2D eigenvalue weighted by atomic mass is 19.4. The van der Waals surface area contributed by atoms with Crippen LogP contribution in [0.3, 0.4) is 0 Å². The second-order valence-electron chi connectivity index (χ2n) is 9.85. The molecule has 11 nitrogen and oxygen atoms in total. The molecular formula is C26H23F3N6O5. The van der Waals surface area contributed by atoms with Crippen LogP contribution in [0.5, 0.6) is 11.6 Å². The van der Waals surface area contributed by atoms with E-state index >= 15 is 0 Å². The molecule has 1 atom stereocenters. The number of halogens is 3. The van der Waals surface area contributed by atoms with Gasteiger partial charge in [0.1, 0.15) is 17.5 Å². The minimum absolute atomic E-state index is 0.0749. The first-order valence-electron chi connectivity index (χ1n) is 12.4. The molecule has 1 unspecified atom stereocenters. The fourth-order valence-corrected chi connectivity index (χ4v) is 4.94. The summed E-state index contributed by atoms with van der Waals surface area (Å²) in [7, 11) is 1.33. The number of nitrogens with one attached hydrogen (secondary N) is 1. The van der Waals surface area contributed by atoms with E-state index in [4.69, 9.17) is 14.0 Å². The summed E-state index contributed by atoms with van der Waals surface area (Å²) in [6, 6.07) is 7.13. The molecule has 1 aliphatic carbocycles. The Balaban J connectivity index is 1.19. The SMILES string of the molecule is COC(=O)N1Cc2ncnc(Oc3ccc4c(ccn4C(=O)Nc4cc(C5(C(F)(F)F)CC5)on4)c3)c2CC1C. The molecule has 40 heavy (non-hydrogen) atoms. The smallest absolute Gasteiger partial charge is 0.410 e. The van der Waals surface area contributed by atoms with Crippen molar-refractivity contribution in [3.8, 4) is 11.6 Å². The summed E-state index contributed by atoms with van der Waals surface area (Å²) in [5.74, 6) is 0.421. The summed E-state index contributed by atoms with van der Waals surface area (Å²) in [5.41, 5.74) is -0.0372. The summed E-state index contributed by atoms with van der Waals surface area (Å²) >= 11 is 0. The average Bonchev–Trinajstić information content (AvgIpc) is 3.45. The van der Waals surface area contributed by atoms with Gasteiger partial charge in [-0.1, -0.05) is 5.16 Å². The Kier molecular flexibility index (Phi) is 5.93. The Hall–Kier alpha value is -4.62. The first-order chi connectivity index (χ1) is 19.1. The highest BCUT2D eigenvalue weighted by molar-refractivity contribution is 5.98. The van der Waals surface area contributed by atoms with E-state index in [1.807, 2.05) is 6.92 Å². The van der Waals surface area contributed by atoms with E-state index in [1.165, 1.54) is 24.2 Å². The second kappa shape index (κ2) is 9.24. The van der Waals surface area contributed by atoms with Gasteiger partial charge >= 0.3 is 18.3 Å². The van der Waals surface area contributed by atoms with E-state index in [0.717, 1.165) is 11.6 Å². The maximum absolute atomic E-state index is 13.4. The Morgan fingerprint density at radius 1 is 1.18 bits per heavy atom. The molecule has 4 heterocycles. The van der Waals surface area contributed by atoms with Crippen LogP contribution in [0.25, 0.3) is 10.9 Å². The predicted molar refractivity (Wildman–Crippen MR) is 133 cm³/mol. The van der Waals surface area contributed by atoms with E-state index in [9.17, 15) is 22.8 Å². The number of alkyl halides is 3. The third-order valence-electron chi connectivity index (χ3n) is 7.36. The lowest BCUT2D eigenvalue weighted by Crippen LogP contribution is -2.43. The number of fused-ring (bicyclic) bond motifs is 2. The molecule has 2 amide bonds. The normalized spacial score (nSPS) is 17.8. The molecule has 0 spiro atoms. The van der Waals surface area contributed by atoms with Gasteiger partial charge in [0.2, 0.25) is 5.88 Å². The number of aromatic nitrogens is 4. The lowest BCUT2D eigenvalue weighted by atomic mass is 10.00. The number of carbonyl (C=O) groups excluding carboxylic acids is 2. The van der Waals surface area contributed by atoms with Gasteiger partial charge in [-0.25, -0.2) is 19.6 Å². The number of methoxy groups -OCH3 is 1. The third kappa shape index (κ3) is 4.28. The van der Waals surface area contributed by atoms with E-state index in [2.05, 4.69) is 20.4 Å². The van der Waals surface area contributed by atoms with Crippen LogP contribution in [0.1, 0.15) is 36.8 Å². The van der Waals surface area contributed by atoms with Crippen molar-refractivity contribution in [1.29, 1.82) is 0 Å². The van der Waals surface area contributed by atoms with Crippen LogP contribution >= 0.6 is 0 Å². The quantitative estimate of drug-likeness (QED) is 0.354. The molecule has 3 aromatic heterocycles. The Labute approximate surface area is 224 Å². The van der Waals surface area contributed by atoms with Gasteiger partial charge in [-0.15, -0.1) is 0 Å². The maximum atomic E-state index is 13.4. The number of hydrogen-bond donors (Lipinski definition) is 1. The summed E-state index contributed by atoms with van der Waals surface area (Å²) < 4.78 is 57.3. The van der Waals surface area contributed by atoms with Crippen LogP contribution < -0.4 is 10.1 Å². The minimum atomic E-state index is -4.45. The van der Waals surface area contributed by atoms with Crippen molar-refractivity contribution in [1.82, 2.24) is 24.6 Å². The molecule has 1 N–H and O–H groups in total. The zero-order valence-electron chi connectivity index (χ0n) is 21.4. The Morgan fingerprint density at radius 2 is 1.98 bits per heavy atom. The number of carbonyl (C=O) groups is 2. The molecule has 2 aliphatic rings. The van der Waals surface area contributed by atoms with Crippen molar-refractivity contribution < 1.29 is 36.8 Å². The van der Waals surface area contributed by atoms with Crippen LogP contribution in [-0.2, 0) is 23.1 Å². The van der Waals surface area contributed by atoms with Crippen LogP contribution in [0.2, 0.25) is 0 Å². The van der Waals surface area contributed by atoms with Crippen LogP contribution in [0, 0.1) is 0 Å². The zero-order chi connectivity index (χ0) is 28.2. The first-order valence-corrected chi connectivity index (χ1v) is 12.4. The van der Waals surface area contributed by atoms with Crippen LogP contribution in [0.15, 0.2) is 47.4 Å². The molecule has 4 aromatic rings. The number of anilines is 1. The molecule has 1 aromatic carbocycles. The van der Waals surface area contributed by atoms with Crippen molar-refractivity contribution >= 4 is 28.8 Å². The average molecular weight is 557 g/mol. The van der Waals surface area contributed by atoms with Crippen LogP contribution in [-0.4, -0.2) is 56.0 Å². The fraction of sp³-hybridized carbons (Fsp3) is 0.346. The van der Waals surface area contributed by atoms with Gasteiger partial charge in [-0.2, -0.15) is 13.2 Å². The number of amides is 2. The molecule has 0 saturated heterocycles. The van der Waals surface area contributed by atoms with Gasteiger partial charge < -0.3 is 14.0 Å². The maximum Gasteiger partial charge on any atom is 0.410 e. The largest absolute Gasteiger partial charge is 0.453 e. The van der Waals surface area contributed by atoms with Gasteiger partial charge in [-0.05, 0) is 50.5 Å². The highest BCUT2D eigenvalue weighted by Crippen LogP contribution is 2.59. The summed E-state index contributed by atoms with van der Waals surface area (Å²) in [4.78, 5) is 35.1. The molecule has 14 heteroatoms. The molecule has 1 aliphatic heterocycles. The fourth-order valence-electron chi connectivity index (χ4n) is 4.94. The zero-order valence-corrected chi connectivity index (χ0v) is 21.4. The lowest BCUT2D eigenvalue weighted by molar-refractivity contribution is -0.165. The van der Waals surface area contributed by atoms with E-state index < -0.39 is 23.7 Å². The Bertz CT molecular complexity index is 1630. The topological polar surface area (TPSA) is 125 Å². The van der Waals surface area contributed by atoms with Gasteiger partial charge in [0, 0.05) is 29.3 Å². The number of rotatable bonds is 4. The van der Waals surface area contributed by atoms with Gasteiger partial charge in [-0.3, -0.25) is 14.8 Å². The van der Waals surface area contributed by atoms with Crippen molar-refractivity contribution in [2.75, 3.05) is 12.4 Å². The first kappa shape index (κ1) is 25.6. The van der Waals surface area contributed by atoms with Gasteiger partial charge in [0.25, 0.3) is 0 Å². The standard InChI is InChI=1S/C26H23F3N6O5/c1-14-9-17-18(12-35(14)24(37)38-2)30-13-31-22(17)39-16-3-4-19-15(10-16)5-8-34(19)23(36)32-21-11-20(40-33-21)25(6-7-25)26(27,28)29/h3-5,8,10-11,13-14H,6-7,9,12H2,1-2H3,(H,32,33,36).